The number of rotatable bonds is 7. The molecule has 0 spiro atoms. The molecule has 3 nitrogen and oxygen atoms in total. The summed E-state index contributed by atoms with van der Waals surface area (Å²) in [7, 11) is 0. The monoisotopic (exact) mass is 442 g/mol. The zero-order valence-corrected chi connectivity index (χ0v) is 18.3. The summed E-state index contributed by atoms with van der Waals surface area (Å²) in [4.78, 5) is 40.6. The van der Waals surface area contributed by atoms with Crippen LogP contribution in [0.3, 0.4) is 0 Å². The number of hydrogen-bond acceptors (Lipinski definition) is 3. The van der Waals surface area contributed by atoms with Crippen LogP contribution in [0, 0.1) is 5.92 Å². The Hall–Kier alpha value is -3.30. The molecule has 0 saturated heterocycles. The first-order chi connectivity index (χ1) is 15.6. The summed E-state index contributed by atoms with van der Waals surface area (Å²) in [5.41, 5.74) is 2.17. The first-order valence-corrected chi connectivity index (χ1v) is 11.1. The van der Waals surface area contributed by atoms with Crippen LogP contribution in [-0.2, 0) is 4.79 Å². The second-order valence-electron chi connectivity index (χ2n) is 7.94. The molecule has 4 heteroatoms. The molecule has 0 saturated carbocycles. The summed E-state index contributed by atoms with van der Waals surface area (Å²) in [6, 6.07) is 24.7. The average Bonchev–Trinajstić information content (AvgIpc) is 2.84. The lowest BCUT2D eigenvalue weighted by atomic mass is 9.71. The Labute approximate surface area is 192 Å². The normalized spacial score (nSPS) is 14.7. The Morgan fingerprint density at radius 3 is 1.78 bits per heavy atom. The molecule has 1 unspecified atom stereocenters. The third-order valence-corrected chi connectivity index (χ3v) is 6.13. The van der Waals surface area contributed by atoms with Crippen molar-refractivity contribution in [3.8, 4) is 0 Å². The lowest BCUT2D eigenvalue weighted by Crippen LogP contribution is -2.34. The first-order valence-electron chi connectivity index (χ1n) is 10.7. The smallest absolute Gasteiger partial charge is 0.174 e. The maximum absolute atomic E-state index is 13.8. The van der Waals surface area contributed by atoms with E-state index in [9.17, 15) is 14.4 Å². The third-order valence-electron chi connectivity index (χ3n) is 5.87. The van der Waals surface area contributed by atoms with E-state index in [4.69, 9.17) is 11.6 Å². The number of ketones is 3. The van der Waals surface area contributed by atoms with Crippen molar-refractivity contribution < 1.29 is 14.4 Å². The van der Waals surface area contributed by atoms with E-state index in [0.717, 1.165) is 18.4 Å². The average molecular weight is 443 g/mol. The van der Waals surface area contributed by atoms with E-state index in [-0.39, 0.29) is 17.3 Å². The van der Waals surface area contributed by atoms with Gasteiger partial charge in [0, 0.05) is 28.5 Å². The molecule has 0 N–H and O–H groups in total. The van der Waals surface area contributed by atoms with E-state index >= 15 is 0 Å². The van der Waals surface area contributed by atoms with Crippen molar-refractivity contribution in [1.29, 1.82) is 0 Å². The maximum Gasteiger partial charge on any atom is 0.174 e. The van der Waals surface area contributed by atoms with E-state index in [1.165, 1.54) is 0 Å². The lowest BCUT2D eigenvalue weighted by molar-refractivity contribution is -0.116. The summed E-state index contributed by atoms with van der Waals surface area (Å²) in [5.74, 6) is -2.34. The molecule has 32 heavy (non-hydrogen) atoms. The number of hydrogen-bond donors (Lipinski definition) is 0. The highest BCUT2D eigenvalue weighted by Crippen LogP contribution is 2.39. The van der Waals surface area contributed by atoms with Gasteiger partial charge in [-0.25, -0.2) is 0 Å². The van der Waals surface area contributed by atoms with Gasteiger partial charge in [0.2, 0.25) is 0 Å². The van der Waals surface area contributed by atoms with Gasteiger partial charge >= 0.3 is 0 Å². The highest BCUT2D eigenvalue weighted by atomic mass is 35.5. The molecule has 3 aromatic carbocycles. The van der Waals surface area contributed by atoms with Crippen LogP contribution in [0.15, 0.2) is 96.6 Å². The standard InChI is InChI=1S/C28H23ClO3/c29-22-17-15-19(16-18-22)25(23-13-7-8-14-24(23)30)26(27(31)20-9-3-1-4-10-20)28(32)21-11-5-2-6-12-21/h1-6,9-13,15-18,25-26H,7-8,14H2. The Balaban J connectivity index is 1.90. The zero-order valence-electron chi connectivity index (χ0n) is 17.5. The van der Waals surface area contributed by atoms with Gasteiger partial charge in [-0.05, 0) is 36.1 Å². The van der Waals surface area contributed by atoms with E-state index in [2.05, 4.69) is 0 Å². The lowest BCUT2D eigenvalue weighted by Gasteiger charge is -2.29. The fraction of sp³-hybridized carbons (Fsp3) is 0.179. The van der Waals surface area contributed by atoms with Crippen molar-refractivity contribution in [2.45, 2.75) is 25.2 Å². The number of carbonyl (C=O) groups is 3. The van der Waals surface area contributed by atoms with Crippen molar-refractivity contribution in [2.75, 3.05) is 0 Å². The summed E-state index contributed by atoms with van der Waals surface area (Å²) in [6.07, 6.45) is 3.84. The van der Waals surface area contributed by atoms with Crippen LogP contribution in [0.5, 0.6) is 0 Å². The molecule has 0 bridgehead atoms. The predicted octanol–water partition coefficient (Wildman–Crippen LogP) is 6.49. The van der Waals surface area contributed by atoms with Gasteiger partial charge < -0.3 is 0 Å². The number of halogens is 1. The number of benzene rings is 3. The molecule has 0 amide bonds. The Morgan fingerprint density at radius 2 is 1.28 bits per heavy atom. The van der Waals surface area contributed by atoms with Crippen molar-refractivity contribution in [2.24, 2.45) is 5.92 Å². The summed E-state index contributed by atoms with van der Waals surface area (Å²) < 4.78 is 0. The highest BCUT2D eigenvalue weighted by Gasteiger charge is 2.40. The fourth-order valence-electron chi connectivity index (χ4n) is 4.29. The molecule has 1 aliphatic carbocycles. The van der Waals surface area contributed by atoms with Crippen molar-refractivity contribution in [3.05, 3.63) is 118 Å². The maximum atomic E-state index is 13.8. The van der Waals surface area contributed by atoms with Crippen LogP contribution in [-0.4, -0.2) is 17.3 Å². The van der Waals surface area contributed by atoms with Gasteiger partial charge in [0.15, 0.2) is 17.3 Å². The second kappa shape index (κ2) is 9.88. The van der Waals surface area contributed by atoms with E-state index in [0.29, 0.717) is 28.1 Å². The molecule has 1 aliphatic rings. The molecular weight excluding hydrogens is 420 g/mol. The first kappa shape index (κ1) is 21.9. The van der Waals surface area contributed by atoms with Crippen LogP contribution in [0.25, 0.3) is 0 Å². The SMILES string of the molecule is O=C1CCCC=C1C(c1ccc(Cl)cc1)C(C(=O)c1ccccc1)C(=O)c1ccccc1. The van der Waals surface area contributed by atoms with E-state index in [1.54, 1.807) is 72.8 Å². The van der Waals surface area contributed by atoms with E-state index in [1.807, 2.05) is 18.2 Å². The molecule has 160 valence electrons. The van der Waals surface area contributed by atoms with Gasteiger partial charge in [0.05, 0.1) is 5.92 Å². The number of carbonyl (C=O) groups excluding carboxylic acids is 3. The minimum absolute atomic E-state index is 0.0112. The molecular formula is C28H23ClO3. The highest BCUT2D eigenvalue weighted by molar-refractivity contribution is 6.30. The van der Waals surface area contributed by atoms with Crippen LogP contribution in [0.4, 0.5) is 0 Å². The minimum Gasteiger partial charge on any atom is -0.295 e. The van der Waals surface area contributed by atoms with Gasteiger partial charge in [-0.1, -0.05) is 90.5 Å². The molecule has 4 rings (SSSR count). The van der Waals surface area contributed by atoms with Gasteiger partial charge in [-0.2, -0.15) is 0 Å². The molecule has 3 aromatic rings. The Morgan fingerprint density at radius 1 is 0.750 bits per heavy atom. The van der Waals surface area contributed by atoms with Crippen LogP contribution >= 0.6 is 11.6 Å². The Bertz CT molecular complexity index is 1100. The van der Waals surface area contributed by atoms with Crippen molar-refractivity contribution in [1.82, 2.24) is 0 Å². The summed E-state index contributed by atoms with van der Waals surface area (Å²) >= 11 is 6.11. The Kier molecular flexibility index (Phi) is 6.77. The zero-order chi connectivity index (χ0) is 22.5. The molecule has 0 heterocycles. The van der Waals surface area contributed by atoms with Crippen LogP contribution < -0.4 is 0 Å². The number of Topliss-reactive ketones (excluding diaryl/α,β-unsaturated/α-hetero) is 3. The van der Waals surface area contributed by atoms with E-state index < -0.39 is 11.8 Å². The fourth-order valence-corrected chi connectivity index (χ4v) is 4.41. The van der Waals surface area contributed by atoms with Crippen LogP contribution in [0.1, 0.15) is 51.5 Å². The summed E-state index contributed by atoms with van der Waals surface area (Å²) in [6.45, 7) is 0. The molecule has 0 radical (unpaired) electrons. The molecule has 1 atom stereocenters. The quantitative estimate of drug-likeness (QED) is 0.310. The van der Waals surface area contributed by atoms with Gasteiger partial charge in [-0.3, -0.25) is 14.4 Å². The summed E-state index contributed by atoms with van der Waals surface area (Å²) in [5, 5.41) is 0.553. The van der Waals surface area contributed by atoms with Gasteiger partial charge in [0.1, 0.15) is 0 Å². The third kappa shape index (κ3) is 4.63. The molecule has 0 aromatic heterocycles. The van der Waals surface area contributed by atoms with Crippen LogP contribution in [0.2, 0.25) is 5.02 Å². The number of allylic oxidation sites excluding steroid dienone is 2. The van der Waals surface area contributed by atoms with Crippen molar-refractivity contribution in [3.63, 3.8) is 0 Å². The van der Waals surface area contributed by atoms with Gasteiger partial charge in [-0.15, -0.1) is 0 Å². The predicted molar refractivity (Wildman–Crippen MR) is 126 cm³/mol. The topological polar surface area (TPSA) is 51.2 Å². The minimum atomic E-state index is -1.06. The van der Waals surface area contributed by atoms with Gasteiger partial charge in [0.25, 0.3) is 0 Å². The molecule has 0 fully saturated rings. The second-order valence-corrected chi connectivity index (χ2v) is 8.38. The largest absolute Gasteiger partial charge is 0.295 e. The molecule has 0 aliphatic heterocycles. The van der Waals surface area contributed by atoms with Crippen molar-refractivity contribution >= 4 is 29.0 Å².